The van der Waals surface area contributed by atoms with Gasteiger partial charge in [-0.15, -0.1) is 0 Å². The number of nitrogens with zero attached hydrogens (tertiary/aromatic N) is 3. The molecular weight excluding hydrogens is 465 g/mol. The highest BCUT2D eigenvalue weighted by atomic mass is 19.4. The lowest BCUT2D eigenvalue weighted by Gasteiger charge is -2.41. The minimum atomic E-state index is -4.58. The number of aliphatic hydroxyl groups is 1. The molecular formula is C24H25F3N4O4. The lowest BCUT2D eigenvalue weighted by Crippen LogP contribution is -2.52. The summed E-state index contributed by atoms with van der Waals surface area (Å²) in [7, 11) is 0. The van der Waals surface area contributed by atoms with E-state index in [4.69, 9.17) is 4.74 Å². The van der Waals surface area contributed by atoms with Crippen molar-refractivity contribution < 1.29 is 32.6 Å². The first-order valence-electron chi connectivity index (χ1n) is 11.1. The van der Waals surface area contributed by atoms with Gasteiger partial charge in [0.2, 0.25) is 5.95 Å². The number of halogens is 3. The molecule has 2 N–H and O–H groups in total. The van der Waals surface area contributed by atoms with Crippen molar-refractivity contribution in [3.05, 3.63) is 53.6 Å². The molecule has 1 aliphatic rings. The largest absolute Gasteiger partial charge is 0.449 e. The number of ether oxygens (including phenoxy) is 1. The number of fused-ring (bicyclic) bond motifs is 1. The van der Waals surface area contributed by atoms with Crippen molar-refractivity contribution in [3.63, 3.8) is 0 Å². The Labute approximate surface area is 199 Å². The summed E-state index contributed by atoms with van der Waals surface area (Å²) in [4.78, 5) is 31.3. The first-order valence-corrected chi connectivity index (χ1v) is 11.1. The fraction of sp³-hybridized carbons (Fsp3) is 0.375. The third-order valence-electron chi connectivity index (χ3n) is 5.93. The van der Waals surface area contributed by atoms with Crippen molar-refractivity contribution in [2.24, 2.45) is 0 Å². The molecule has 0 bridgehead atoms. The summed E-state index contributed by atoms with van der Waals surface area (Å²) >= 11 is 0. The quantitative estimate of drug-likeness (QED) is 0.517. The minimum Gasteiger partial charge on any atom is -0.449 e. The van der Waals surface area contributed by atoms with Crippen LogP contribution in [0.15, 0.2) is 42.5 Å². The van der Waals surface area contributed by atoms with Gasteiger partial charge < -0.3 is 14.4 Å². The fourth-order valence-corrected chi connectivity index (χ4v) is 4.08. The summed E-state index contributed by atoms with van der Waals surface area (Å²) in [5.41, 5.74) is 0.0879. The van der Waals surface area contributed by atoms with Crippen LogP contribution in [0.4, 0.5) is 29.6 Å². The standard InChI is InChI=1S/C24H25F3N4O4/c1-23(2)9-12-35-22(34)31(23)17-7-8-18-19(14-17)30(10-4-11-32)21(28-18)29-20(33)15-5-3-6-16(13-15)24(25,26)27/h3,5-8,13-14,32H,4,9-12H2,1-2H3,(H,28,29,33). The zero-order valence-electron chi connectivity index (χ0n) is 19.2. The normalized spacial score (nSPS) is 15.8. The number of nitrogens with one attached hydrogen (secondary N) is 1. The highest BCUT2D eigenvalue weighted by Crippen LogP contribution is 2.34. The number of amides is 2. The summed E-state index contributed by atoms with van der Waals surface area (Å²) in [5, 5.41) is 11.9. The van der Waals surface area contributed by atoms with E-state index < -0.39 is 29.3 Å². The zero-order valence-corrected chi connectivity index (χ0v) is 19.2. The predicted molar refractivity (Wildman–Crippen MR) is 123 cm³/mol. The van der Waals surface area contributed by atoms with Gasteiger partial charge in [0.15, 0.2) is 0 Å². The van der Waals surface area contributed by atoms with E-state index in [1.807, 2.05) is 13.8 Å². The monoisotopic (exact) mass is 490 g/mol. The van der Waals surface area contributed by atoms with Crippen LogP contribution >= 0.6 is 0 Å². The maximum atomic E-state index is 13.1. The minimum absolute atomic E-state index is 0.119. The number of aliphatic hydroxyl groups excluding tert-OH is 1. The van der Waals surface area contributed by atoms with Crippen LogP contribution in [0.25, 0.3) is 11.0 Å². The van der Waals surface area contributed by atoms with Gasteiger partial charge >= 0.3 is 12.3 Å². The number of aromatic nitrogens is 2. The van der Waals surface area contributed by atoms with Crippen LogP contribution in [0.2, 0.25) is 0 Å². The Hall–Kier alpha value is -3.60. The fourth-order valence-electron chi connectivity index (χ4n) is 4.08. The highest BCUT2D eigenvalue weighted by molar-refractivity contribution is 6.04. The molecule has 0 atom stereocenters. The molecule has 2 heterocycles. The van der Waals surface area contributed by atoms with Crippen LogP contribution in [0.1, 0.15) is 42.6 Å². The molecule has 0 aliphatic carbocycles. The second-order valence-electron chi connectivity index (χ2n) is 8.88. The maximum Gasteiger partial charge on any atom is 0.416 e. The van der Waals surface area contributed by atoms with Gasteiger partial charge in [-0.3, -0.25) is 15.0 Å². The van der Waals surface area contributed by atoms with Gasteiger partial charge in [-0.2, -0.15) is 13.2 Å². The summed E-state index contributed by atoms with van der Waals surface area (Å²) in [5.74, 6) is -0.633. The number of anilines is 2. The summed E-state index contributed by atoms with van der Waals surface area (Å²) in [6.45, 7) is 4.35. The molecule has 0 saturated carbocycles. The number of hydrogen-bond acceptors (Lipinski definition) is 5. The zero-order chi connectivity index (χ0) is 25.4. The van der Waals surface area contributed by atoms with Crippen LogP contribution in [0.5, 0.6) is 0 Å². The Morgan fingerprint density at radius 3 is 2.69 bits per heavy atom. The van der Waals surface area contributed by atoms with Crippen molar-refractivity contribution in [1.82, 2.24) is 9.55 Å². The number of benzene rings is 2. The Morgan fingerprint density at radius 1 is 1.23 bits per heavy atom. The summed E-state index contributed by atoms with van der Waals surface area (Å²) in [6.07, 6.45) is -4.07. The first-order chi connectivity index (χ1) is 16.5. The van der Waals surface area contributed by atoms with Crippen molar-refractivity contribution in [1.29, 1.82) is 0 Å². The number of carbonyl (C=O) groups is 2. The van der Waals surface area contributed by atoms with Crippen LogP contribution in [-0.2, 0) is 17.5 Å². The van der Waals surface area contributed by atoms with Crippen LogP contribution < -0.4 is 10.2 Å². The molecule has 0 radical (unpaired) electrons. The number of cyclic esters (lactones) is 1. The Morgan fingerprint density at radius 2 is 2.00 bits per heavy atom. The third kappa shape index (κ3) is 4.95. The van der Waals surface area contributed by atoms with Crippen molar-refractivity contribution in [2.75, 3.05) is 23.4 Å². The smallest absolute Gasteiger partial charge is 0.416 e. The highest BCUT2D eigenvalue weighted by Gasteiger charge is 2.37. The molecule has 11 heteroatoms. The van der Waals surface area contributed by atoms with E-state index in [9.17, 15) is 27.9 Å². The van der Waals surface area contributed by atoms with Gasteiger partial charge in [-0.1, -0.05) is 6.07 Å². The Balaban J connectivity index is 1.72. The summed E-state index contributed by atoms with van der Waals surface area (Å²) in [6, 6.07) is 9.27. The average molecular weight is 490 g/mol. The Kier molecular flexibility index (Phi) is 6.46. The van der Waals surface area contributed by atoms with Gasteiger partial charge in [0.25, 0.3) is 5.91 Å². The van der Waals surface area contributed by atoms with E-state index in [1.54, 1.807) is 27.7 Å². The molecule has 1 aromatic heterocycles. The molecule has 186 valence electrons. The third-order valence-corrected chi connectivity index (χ3v) is 5.93. The topological polar surface area (TPSA) is 96.7 Å². The predicted octanol–water partition coefficient (Wildman–Crippen LogP) is 4.82. The first kappa shape index (κ1) is 24.5. The van der Waals surface area contributed by atoms with Crippen molar-refractivity contribution in [2.45, 2.75) is 44.9 Å². The maximum absolute atomic E-state index is 13.1. The van der Waals surface area contributed by atoms with Crippen LogP contribution in [0.3, 0.4) is 0 Å². The molecule has 1 saturated heterocycles. The molecule has 3 aromatic rings. The molecule has 2 aromatic carbocycles. The van der Waals surface area contributed by atoms with E-state index >= 15 is 0 Å². The molecule has 4 rings (SSSR count). The number of hydrogen-bond donors (Lipinski definition) is 2. The molecule has 0 unspecified atom stereocenters. The second kappa shape index (κ2) is 9.21. The number of rotatable bonds is 6. The van der Waals surface area contributed by atoms with E-state index in [0.717, 1.165) is 18.2 Å². The number of carbonyl (C=O) groups excluding carboxylic acids is 2. The van der Waals surface area contributed by atoms with Crippen molar-refractivity contribution >= 4 is 34.7 Å². The van der Waals surface area contributed by atoms with Gasteiger partial charge in [-0.25, -0.2) is 9.78 Å². The average Bonchev–Trinajstić information content (AvgIpc) is 3.12. The van der Waals surface area contributed by atoms with E-state index in [1.165, 1.54) is 6.07 Å². The van der Waals surface area contributed by atoms with Gasteiger partial charge in [0.05, 0.1) is 23.2 Å². The van der Waals surface area contributed by atoms with Gasteiger partial charge in [0, 0.05) is 36.4 Å². The molecule has 8 nitrogen and oxygen atoms in total. The van der Waals surface area contributed by atoms with E-state index in [-0.39, 0.29) is 24.7 Å². The molecule has 0 spiro atoms. The Bertz CT molecular complexity index is 1270. The lowest BCUT2D eigenvalue weighted by atomic mass is 9.97. The number of aryl methyl sites for hydroxylation is 1. The summed E-state index contributed by atoms with van der Waals surface area (Å²) < 4.78 is 46.1. The molecule has 1 fully saturated rings. The van der Waals surface area contributed by atoms with E-state index in [2.05, 4.69) is 10.3 Å². The molecule has 35 heavy (non-hydrogen) atoms. The van der Waals surface area contributed by atoms with E-state index in [0.29, 0.717) is 36.2 Å². The number of imidazole rings is 1. The second-order valence-corrected chi connectivity index (χ2v) is 8.88. The SMILES string of the molecule is CC1(C)CCOC(=O)N1c1ccc2nc(NC(=O)c3cccc(C(F)(F)F)c3)n(CCCO)c2c1. The molecule has 2 amide bonds. The number of alkyl halides is 3. The lowest BCUT2D eigenvalue weighted by molar-refractivity contribution is -0.137. The van der Waals surface area contributed by atoms with Gasteiger partial charge in [0.1, 0.15) is 0 Å². The van der Waals surface area contributed by atoms with Crippen LogP contribution in [-0.4, -0.2) is 45.4 Å². The van der Waals surface area contributed by atoms with Gasteiger partial charge in [-0.05, 0) is 56.7 Å². The van der Waals surface area contributed by atoms with Crippen molar-refractivity contribution in [3.8, 4) is 0 Å². The van der Waals surface area contributed by atoms with Crippen LogP contribution in [0, 0.1) is 0 Å². The molecule has 1 aliphatic heterocycles.